The number of urea groups is 1. The van der Waals surface area contributed by atoms with E-state index in [1.54, 1.807) is 19.2 Å². The molecule has 2 aliphatic heterocycles. The number of benzene rings is 2. The number of rotatable bonds is 7. The van der Waals surface area contributed by atoms with Crippen LogP contribution < -0.4 is 10.6 Å². The van der Waals surface area contributed by atoms with E-state index < -0.39 is 6.04 Å². The van der Waals surface area contributed by atoms with Crippen LogP contribution in [0.4, 0.5) is 16.2 Å². The van der Waals surface area contributed by atoms with Gasteiger partial charge in [0.05, 0.1) is 19.8 Å². The number of methoxy groups -OCH3 is 1. The van der Waals surface area contributed by atoms with Crippen molar-refractivity contribution in [2.75, 3.05) is 51.1 Å². The molecule has 9 heteroatoms. The van der Waals surface area contributed by atoms with E-state index in [0.717, 1.165) is 29.7 Å². The van der Waals surface area contributed by atoms with Crippen LogP contribution in [0.3, 0.4) is 0 Å². The standard InChI is InChI=1S/C24H29BrN4O4/c1-28-10-9-16-13-20(6-3-17(16)14-28)26-23(30)22-21(33-12-11-32-2)15-29(22)24(31)27-19-7-4-18(25)5-8-19/h3-8,13,21-22H,9-12,14-15H2,1-2H3,(H,26,30)(H,27,31)/t21-,22+/m0/s1. The van der Waals surface area contributed by atoms with E-state index in [0.29, 0.717) is 25.4 Å². The number of hydrogen-bond donors (Lipinski definition) is 2. The summed E-state index contributed by atoms with van der Waals surface area (Å²) < 4.78 is 11.8. The van der Waals surface area contributed by atoms with Crippen LogP contribution in [0, 0.1) is 0 Å². The van der Waals surface area contributed by atoms with Crippen LogP contribution in [0.25, 0.3) is 0 Å². The summed E-state index contributed by atoms with van der Waals surface area (Å²) in [4.78, 5) is 29.9. The van der Waals surface area contributed by atoms with Gasteiger partial charge in [-0.2, -0.15) is 0 Å². The largest absolute Gasteiger partial charge is 0.382 e. The molecule has 0 saturated carbocycles. The molecule has 33 heavy (non-hydrogen) atoms. The summed E-state index contributed by atoms with van der Waals surface area (Å²) in [5.41, 5.74) is 3.92. The predicted molar refractivity (Wildman–Crippen MR) is 130 cm³/mol. The molecule has 4 rings (SSSR count). The average molecular weight is 517 g/mol. The van der Waals surface area contributed by atoms with Gasteiger partial charge in [-0.05, 0) is 61.0 Å². The van der Waals surface area contributed by atoms with Crippen molar-refractivity contribution in [1.29, 1.82) is 0 Å². The molecule has 2 aromatic rings. The van der Waals surface area contributed by atoms with Crippen molar-refractivity contribution in [1.82, 2.24) is 9.80 Å². The number of ether oxygens (including phenoxy) is 2. The molecule has 2 aliphatic rings. The molecule has 0 spiro atoms. The molecule has 3 amide bonds. The number of carbonyl (C=O) groups is 2. The third-order valence-electron chi connectivity index (χ3n) is 5.99. The van der Waals surface area contributed by atoms with Crippen LogP contribution in [-0.2, 0) is 27.2 Å². The number of carbonyl (C=O) groups excluding carboxylic acids is 2. The average Bonchev–Trinajstić information content (AvgIpc) is 2.77. The second kappa shape index (κ2) is 10.6. The topological polar surface area (TPSA) is 83.1 Å². The van der Waals surface area contributed by atoms with Crippen LogP contribution in [0.15, 0.2) is 46.9 Å². The molecule has 0 aliphatic carbocycles. The third-order valence-corrected chi connectivity index (χ3v) is 6.51. The minimum atomic E-state index is -0.723. The monoisotopic (exact) mass is 516 g/mol. The van der Waals surface area contributed by atoms with Gasteiger partial charge in [-0.1, -0.05) is 22.0 Å². The first-order valence-electron chi connectivity index (χ1n) is 11.0. The molecule has 2 N–H and O–H groups in total. The van der Waals surface area contributed by atoms with Crippen LogP contribution in [0.1, 0.15) is 11.1 Å². The fourth-order valence-electron chi connectivity index (χ4n) is 4.13. The first-order valence-corrected chi connectivity index (χ1v) is 11.8. The Morgan fingerprint density at radius 3 is 2.58 bits per heavy atom. The van der Waals surface area contributed by atoms with Gasteiger partial charge >= 0.3 is 6.03 Å². The second-order valence-corrected chi connectivity index (χ2v) is 9.31. The number of fused-ring (bicyclic) bond motifs is 1. The third kappa shape index (κ3) is 5.73. The summed E-state index contributed by atoms with van der Waals surface area (Å²) in [7, 11) is 3.70. The van der Waals surface area contributed by atoms with Crippen molar-refractivity contribution >= 4 is 39.2 Å². The van der Waals surface area contributed by atoms with Gasteiger partial charge in [-0.15, -0.1) is 0 Å². The zero-order valence-corrected chi connectivity index (χ0v) is 20.4. The first kappa shape index (κ1) is 23.7. The Labute approximate surface area is 202 Å². The highest BCUT2D eigenvalue weighted by atomic mass is 79.9. The summed E-state index contributed by atoms with van der Waals surface area (Å²) >= 11 is 3.38. The maximum absolute atomic E-state index is 13.2. The van der Waals surface area contributed by atoms with E-state index in [1.165, 1.54) is 16.0 Å². The Morgan fingerprint density at radius 2 is 1.82 bits per heavy atom. The maximum atomic E-state index is 13.2. The summed E-state index contributed by atoms with van der Waals surface area (Å²) in [6, 6.07) is 12.2. The van der Waals surface area contributed by atoms with Crippen LogP contribution in [-0.4, -0.2) is 74.3 Å². The Hall–Kier alpha value is -2.46. The number of anilines is 2. The zero-order chi connectivity index (χ0) is 23.4. The normalized spacial score (nSPS) is 20.0. The van der Waals surface area contributed by atoms with Crippen molar-refractivity contribution in [3.63, 3.8) is 0 Å². The summed E-state index contributed by atoms with van der Waals surface area (Å²) in [6.07, 6.45) is 0.561. The number of nitrogens with one attached hydrogen (secondary N) is 2. The van der Waals surface area contributed by atoms with Crippen molar-refractivity contribution < 1.29 is 19.1 Å². The number of likely N-dealkylation sites (tertiary alicyclic amines) is 1. The quantitative estimate of drug-likeness (QED) is 0.551. The smallest absolute Gasteiger partial charge is 0.322 e. The van der Waals surface area contributed by atoms with Gasteiger partial charge in [0.25, 0.3) is 0 Å². The predicted octanol–water partition coefficient (Wildman–Crippen LogP) is 3.32. The molecular weight excluding hydrogens is 488 g/mol. The second-order valence-electron chi connectivity index (χ2n) is 8.40. The number of amides is 3. The lowest BCUT2D eigenvalue weighted by Crippen LogP contribution is -2.68. The Kier molecular flexibility index (Phi) is 7.64. The van der Waals surface area contributed by atoms with Gasteiger partial charge < -0.3 is 29.9 Å². The Balaban J connectivity index is 1.44. The molecule has 0 radical (unpaired) electrons. The molecule has 2 atom stereocenters. The van der Waals surface area contributed by atoms with E-state index in [2.05, 4.69) is 44.6 Å². The van der Waals surface area contributed by atoms with E-state index in [1.807, 2.05) is 24.3 Å². The lowest BCUT2D eigenvalue weighted by atomic mass is 9.97. The SMILES string of the molecule is COCCO[C@H]1CN(C(=O)Nc2ccc(Br)cc2)[C@H]1C(=O)Nc1ccc2c(c1)CCN(C)C2. The minimum absolute atomic E-state index is 0.262. The molecule has 0 unspecified atom stereocenters. The highest BCUT2D eigenvalue weighted by Gasteiger charge is 2.47. The van der Waals surface area contributed by atoms with Gasteiger partial charge in [-0.25, -0.2) is 4.79 Å². The van der Waals surface area contributed by atoms with E-state index in [4.69, 9.17) is 9.47 Å². The maximum Gasteiger partial charge on any atom is 0.322 e. The molecule has 0 bridgehead atoms. The highest BCUT2D eigenvalue weighted by Crippen LogP contribution is 2.27. The summed E-state index contributed by atoms with van der Waals surface area (Å²) in [6.45, 7) is 3.02. The molecule has 2 heterocycles. The van der Waals surface area contributed by atoms with Crippen LogP contribution in [0.2, 0.25) is 0 Å². The molecule has 176 valence electrons. The van der Waals surface area contributed by atoms with Crippen molar-refractivity contribution in [2.45, 2.75) is 25.1 Å². The molecule has 1 saturated heterocycles. The van der Waals surface area contributed by atoms with Gasteiger partial charge in [0.2, 0.25) is 5.91 Å². The minimum Gasteiger partial charge on any atom is -0.382 e. The Bertz CT molecular complexity index is 1000. The van der Waals surface area contributed by atoms with Crippen LogP contribution >= 0.6 is 15.9 Å². The molecular formula is C24H29BrN4O4. The van der Waals surface area contributed by atoms with Crippen molar-refractivity contribution in [3.8, 4) is 0 Å². The van der Waals surface area contributed by atoms with Crippen molar-refractivity contribution in [2.24, 2.45) is 0 Å². The van der Waals surface area contributed by atoms with Crippen molar-refractivity contribution in [3.05, 3.63) is 58.1 Å². The summed E-state index contributed by atoms with van der Waals surface area (Å²) in [5.74, 6) is -0.262. The summed E-state index contributed by atoms with van der Waals surface area (Å²) in [5, 5.41) is 5.84. The number of likely N-dealkylation sites (N-methyl/N-ethyl adjacent to an activating group) is 1. The van der Waals surface area contributed by atoms with Gasteiger partial charge in [0.15, 0.2) is 0 Å². The molecule has 1 fully saturated rings. The fraction of sp³-hybridized carbons (Fsp3) is 0.417. The Morgan fingerprint density at radius 1 is 1.06 bits per heavy atom. The van der Waals surface area contributed by atoms with E-state index >= 15 is 0 Å². The number of hydrogen-bond acceptors (Lipinski definition) is 5. The lowest BCUT2D eigenvalue weighted by molar-refractivity contribution is -0.139. The van der Waals surface area contributed by atoms with Gasteiger partial charge in [0, 0.05) is 36.0 Å². The fourth-order valence-corrected chi connectivity index (χ4v) is 4.40. The number of halogens is 1. The first-order chi connectivity index (χ1) is 15.9. The molecule has 8 nitrogen and oxygen atoms in total. The van der Waals surface area contributed by atoms with E-state index in [9.17, 15) is 9.59 Å². The number of nitrogens with zero attached hydrogens (tertiary/aromatic N) is 2. The van der Waals surface area contributed by atoms with Gasteiger partial charge in [-0.3, -0.25) is 4.79 Å². The molecule has 2 aromatic carbocycles. The van der Waals surface area contributed by atoms with E-state index in [-0.39, 0.29) is 18.0 Å². The van der Waals surface area contributed by atoms with Crippen LogP contribution in [0.5, 0.6) is 0 Å². The highest BCUT2D eigenvalue weighted by molar-refractivity contribution is 9.10. The van der Waals surface area contributed by atoms with Gasteiger partial charge in [0.1, 0.15) is 12.1 Å². The zero-order valence-electron chi connectivity index (χ0n) is 18.8. The molecule has 0 aromatic heterocycles. The lowest BCUT2D eigenvalue weighted by Gasteiger charge is -2.46.